The van der Waals surface area contributed by atoms with E-state index in [0.29, 0.717) is 6.42 Å². The van der Waals surface area contributed by atoms with Crippen LogP contribution < -0.4 is 0 Å². The molecule has 0 bridgehead atoms. The molecule has 0 saturated carbocycles. The maximum atomic E-state index is 10.8. The number of hydrogen-bond acceptors (Lipinski definition) is 2. The van der Waals surface area contributed by atoms with E-state index < -0.39 is 5.97 Å². The van der Waals surface area contributed by atoms with Crippen LogP contribution in [0.2, 0.25) is 0 Å². The first kappa shape index (κ1) is 23.2. The minimum Gasteiger partial charge on any atom is -0.481 e. The first-order valence-corrected chi connectivity index (χ1v) is 13.3. The molecule has 33 heavy (non-hydrogen) atoms. The first-order chi connectivity index (χ1) is 16.0. The molecule has 4 heteroatoms. The summed E-state index contributed by atoms with van der Waals surface area (Å²) in [6, 6.07) is 34.5. The third-order valence-corrected chi connectivity index (χ3v) is 8.53. The van der Waals surface area contributed by atoms with Crippen LogP contribution in [0.5, 0.6) is 0 Å². The van der Waals surface area contributed by atoms with Crippen molar-refractivity contribution >= 4 is 28.6 Å². The molecule has 0 saturated heterocycles. The normalized spacial score (nSPS) is 11.8. The smallest absolute Gasteiger partial charge is 0.303 e. The van der Waals surface area contributed by atoms with Gasteiger partial charge in [0.25, 0.3) is 0 Å². The van der Waals surface area contributed by atoms with E-state index in [4.69, 9.17) is 5.11 Å². The lowest BCUT2D eigenvalue weighted by molar-refractivity contribution is -0.136. The van der Waals surface area contributed by atoms with Crippen LogP contribution in [-0.4, -0.2) is 17.3 Å². The third kappa shape index (κ3) is 6.31. The van der Waals surface area contributed by atoms with Crippen LogP contribution in [0.1, 0.15) is 17.5 Å². The van der Waals surface area contributed by atoms with Gasteiger partial charge in [0.15, 0.2) is 9.79 Å². The number of carbonyl (C=O) groups is 1. The van der Waals surface area contributed by atoms with E-state index in [1.165, 1.54) is 36.3 Å². The van der Waals surface area contributed by atoms with Gasteiger partial charge in [0.1, 0.15) is 6.26 Å². The highest BCUT2D eigenvalue weighted by Crippen LogP contribution is 2.31. The first-order valence-electron chi connectivity index (χ1n) is 10.9. The van der Waals surface area contributed by atoms with Crippen molar-refractivity contribution in [1.29, 1.82) is 0 Å². The molecule has 1 unspecified atom stereocenters. The molecule has 2 nitrogen and oxygen atoms in total. The van der Waals surface area contributed by atoms with Crippen LogP contribution in [0.15, 0.2) is 117 Å². The molecule has 0 radical (unpaired) electrons. The van der Waals surface area contributed by atoms with E-state index in [0.717, 1.165) is 5.56 Å². The maximum Gasteiger partial charge on any atom is 0.303 e. The Labute approximate surface area is 203 Å². The molecular weight excluding hydrogens is 444 g/mol. The summed E-state index contributed by atoms with van der Waals surface area (Å²) in [6.07, 6.45) is 2.98. The van der Waals surface area contributed by atoms with Crippen LogP contribution in [0.4, 0.5) is 0 Å². The molecule has 4 rings (SSSR count). The molecule has 0 aliphatic heterocycles. The quantitative estimate of drug-likeness (QED) is 0.270. The maximum absolute atomic E-state index is 10.8. The molecule has 4 aromatic carbocycles. The average molecular weight is 472 g/mol. The van der Waals surface area contributed by atoms with Crippen molar-refractivity contribution in [3.63, 3.8) is 0 Å². The Hall–Kier alpha value is -2.95. The summed E-state index contributed by atoms with van der Waals surface area (Å²) in [5.41, 5.74) is 4.78. The van der Waals surface area contributed by atoms with Crippen LogP contribution in [0.25, 0.3) is 11.1 Å². The number of rotatable bonds is 8. The summed E-state index contributed by atoms with van der Waals surface area (Å²) >= 11 is 1.78. The standard InChI is InChI=1S/C29H26O2S2/c1-21-3-12-25(13-4-21)32-26-14-8-23(9-15-26)24-10-18-28(19-11-24)33(2)27-16-5-22(6-17-27)7-20-29(30)31/h3-6,8-19H,7,20H2,1-2H3/p+1. The molecule has 0 aliphatic carbocycles. The van der Waals surface area contributed by atoms with E-state index >= 15 is 0 Å². The van der Waals surface area contributed by atoms with Crippen molar-refractivity contribution in [2.24, 2.45) is 0 Å². The van der Waals surface area contributed by atoms with Gasteiger partial charge < -0.3 is 5.11 Å². The number of hydrogen-bond donors (Lipinski definition) is 1. The van der Waals surface area contributed by atoms with Crippen molar-refractivity contribution in [2.75, 3.05) is 6.26 Å². The minimum absolute atomic E-state index is 0.0302. The van der Waals surface area contributed by atoms with Gasteiger partial charge in [-0.3, -0.25) is 4.79 Å². The summed E-state index contributed by atoms with van der Waals surface area (Å²) in [5, 5.41) is 8.85. The fourth-order valence-corrected chi connectivity index (χ4v) is 5.73. The zero-order valence-corrected chi connectivity index (χ0v) is 20.5. The Morgan fingerprint density at radius 1 is 0.727 bits per heavy atom. The molecule has 0 aromatic heterocycles. The van der Waals surface area contributed by atoms with E-state index in [9.17, 15) is 4.79 Å². The van der Waals surface area contributed by atoms with Gasteiger partial charge in [0, 0.05) is 16.2 Å². The van der Waals surface area contributed by atoms with Crippen molar-refractivity contribution < 1.29 is 9.90 Å². The van der Waals surface area contributed by atoms with Crippen molar-refractivity contribution in [2.45, 2.75) is 39.3 Å². The molecule has 0 fully saturated rings. The van der Waals surface area contributed by atoms with Gasteiger partial charge in [0.05, 0.1) is 10.9 Å². The summed E-state index contributed by atoms with van der Waals surface area (Å²) in [6.45, 7) is 2.11. The summed E-state index contributed by atoms with van der Waals surface area (Å²) in [5.74, 6) is -0.755. The van der Waals surface area contributed by atoms with Gasteiger partial charge in [-0.05, 0) is 90.7 Å². The number of carboxylic acids is 1. The van der Waals surface area contributed by atoms with Crippen molar-refractivity contribution in [1.82, 2.24) is 0 Å². The fourth-order valence-electron chi connectivity index (χ4n) is 3.56. The molecule has 0 aliphatic rings. The largest absolute Gasteiger partial charge is 0.481 e. The highest BCUT2D eigenvalue weighted by Gasteiger charge is 2.19. The average Bonchev–Trinajstić information content (AvgIpc) is 2.85. The highest BCUT2D eigenvalue weighted by molar-refractivity contribution is 7.99. The lowest BCUT2D eigenvalue weighted by atomic mass is 10.1. The lowest BCUT2D eigenvalue weighted by Gasteiger charge is -2.07. The molecule has 4 aromatic rings. The topological polar surface area (TPSA) is 37.3 Å². The Balaban J connectivity index is 1.41. The Morgan fingerprint density at radius 3 is 1.70 bits per heavy atom. The van der Waals surface area contributed by atoms with Crippen LogP contribution in [0, 0.1) is 6.92 Å². The molecular formula is C29H27O2S2+. The van der Waals surface area contributed by atoms with E-state index in [2.05, 4.69) is 98.1 Å². The van der Waals surface area contributed by atoms with Gasteiger partial charge >= 0.3 is 5.97 Å². The number of aliphatic carboxylic acids is 1. The van der Waals surface area contributed by atoms with E-state index in [1.807, 2.05) is 12.1 Å². The minimum atomic E-state index is -0.755. The van der Waals surface area contributed by atoms with Gasteiger partial charge in [-0.15, -0.1) is 0 Å². The Bertz CT molecular complexity index is 1200. The third-order valence-electron chi connectivity index (χ3n) is 5.56. The molecule has 1 N–H and O–H groups in total. The Kier molecular flexibility index (Phi) is 7.58. The van der Waals surface area contributed by atoms with Gasteiger partial charge in [-0.2, -0.15) is 0 Å². The highest BCUT2D eigenvalue weighted by atomic mass is 32.2. The fraction of sp³-hybridized carbons (Fsp3) is 0.138. The van der Waals surface area contributed by atoms with Crippen LogP contribution in [0.3, 0.4) is 0 Å². The summed E-state index contributed by atoms with van der Waals surface area (Å²) in [7, 11) is -0.0302. The van der Waals surface area contributed by atoms with Crippen LogP contribution in [-0.2, 0) is 22.1 Å². The molecule has 1 atom stereocenters. The molecule has 0 spiro atoms. The number of benzene rings is 4. The summed E-state index contributed by atoms with van der Waals surface area (Å²) < 4.78 is 0. The zero-order chi connectivity index (χ0) is 23.2. The predicted octanol–water partition coefficient (Wildman–Crippen LogP) is 7.50. The second-order valence-electron chi connectivity index (χ2n) is 8.01. The number of aryl methyl sites for hydroxylation is 2. The lowest BCUT2D eigenvalue weighted by Crippen LogP contribution is -2.01. The molecule has 166 valence electrons. The zero-order valence-electron chi connectivity index (χ0n) is 18.8. The number of carboxylic acid groups (broad SMARTS) is 1. The van der Waals surface area contributed by atoms with Gasteiger partial charge in [0.2, 0.25) is 0 Å². The van der Waals surface area contributed by atoms with Crippen molar-refractivity contribution in [3.8, 4) is 11.1 Å². The molecule has 0 heterocycles. The molecule has 0 amide bonds. The van der Waals surface area contributed by atoms with E-state index in [1.54, 1.807) is 11.8 Å². The van der Waals surface area contributed by atoms with Crippen LogP contribution >= 0.6 is 11.8 Å². The predicted molar refractivity (Wildman–Crippen MR) is 139 cm³/mol. The van der Waals surface area contributed by atoms with E-state index in [-0.39, 0.29) is 17.3 Å². The van der Waals surface area contributed by atoms with Gasteiger partial charge in [-0.25, -0.2) is 0 Å². The Morgan fingerprint density at radius 2 is 1.18 bits per heavy atom. The van der Waals surface area contributed by atoms with Crippen molar-refractivity contribution in [3.05, 3.63) is 108 Å². The second kappa shape index (κ2) is 10.8. The van der Waals surface area contributed by atoms with Gasteiger partial charge in [-0.1, -0.05) is 53.7 Å². The second-order valence-corrected chi connectivity index (χ2v) is 11.1. The monoisotopic (exact) mass is 471 g/mol. The summed E-state index contributed by atoms with van der Waals surface area (Å²) in [4.78, 5) is 15.8. The SMILES string of the molecule is Cc1ccc(Sc2ccc(-c3ccc([S+](C)c4ccc(CCC(=O)O)cc4)cc3)cc2)cc1.